The van der Waals surface area contributed by atoms with Crippen molar-refractivity contribution < 1.29 is 9.90 Å². The van der Waals surface area contributed by atoms with Gasteiger partial charge in [0.05, 0.1) is 11.4 Å². The number of benzene rings is 1. The summed E-state index contributed by atoms with van der Waals surface area (Å²) in [4.78, 5) is 12.0. The fraction of sp³-hybridized carbons (Fsp3) is 0.417. The Kier molecular flexibility index (Phi) is 1.87. The Morgan fingerprint density at radius 2 is 1.94 bits per heavy atom. The van der Waals surface area contributed by atoms with Crippen molar-refractivity contribution >= 4 is 17.3 Å². The number of hydrogen-bond acceptors (Lipinski definition) is 3. The maximum atomic E-state index is 12.0. The van der Waals surface area contributed by atoms with E-state index in [9.17, 15) is 9.90 Å². The van der Waals surface area contributed by atoms with Crippen LogP contribution in [-0.2, 0) is 4.79 Å². The van der Waals surface area contributed by atoms with Gasteiger partial charge in [-0.05, 0) is 25.0 Å². The van der Waals surface area contributed by atoms with Gasteiger partial charge in [-0.1, -0.05) is 12.8 Å². The van der Waals surface area contributed by atoms with Gasteiger partial charge in [-0.15, -0.1) is 0 Å². The summed E-state index contributed by atoms with van der Waals surface area (Å²) in [7, 11) is 0. The molecule has 0 radical (unpaired) electrons. The number of fused-ring (bicyclic) bond motifs is 1. The predicted octanol–water partition coefficient (Wildman–Crippen LogP) is 2.07. The molecule has 84 valence electrons. The quantitative estimate of drug-likeness (QED) is 0.584. The molecule has 3 N–H and O–H groups in total. The average Bonchev–Trinajstić information content (AvgIpc) is 2.70. The molecule has 0 unspecified atom stereocenters. The first-order valence-electron chi connectivity index (χ1n) is 5.62. The smallest absolute Gasteiger partial charge is 0.250 e. The Balaban J connectivity index is 2.01. The lowest BCUT2D eigenvalue weighted by atomic mass is 9.93. The normalized spacial score (nSPS) is 21.4. The second kappa shape index (κ2) is 3.14. The Morgan fingerprint density at radius 3 is 2.69 bits per heavy atom. The van der Waals surface area contributed by atoms with E-state index >= 15 is 0 Å². The molecule has 2 aliphatic rings. The van der Waals surface area contributed by atoms with Crippen LogP contribution < -0.4 is 10.6 Å². The number of carbonyl (C=O) groups is 1. The van der Waals surface area contributed by atoms with Crippen molar-refractivity contribution in [3.63, 3.8) is 0 Å². The van der Waals surface area contributed by atoms with Gasteiger partial charge in [0.25, 0.3) is 0 Å². The van der Waals surface area contributed by atoms with E-state index in [1.807, 2.05) is 6.07 Å². The summed E-state index contributed by atoms with van der Waals surface area (Å²) in [5, 5.41) is 15.6. The number of aromatic hydroxyl groups is 1. The third-order valence-electron chi connectivity index (χ3n) is 3.52. The van der Waals surface area contributed by atoms with Crippen LogP contribution in [-0.4, -0.2) is 16.6 Å². The molecule has 1 amide bonds. The maximum absolute atomic E-state index is 12.0. The molecule has 4 heteroatoms. The van der Waals surface area contributed by atoms with Gasteiger partial charge < -0.3 is 15.7 Å². The van der Waals surface area contributed by atoms with E-state index in [-0.39, 0.29) is 11.7 Å². The van der Waals surface area contributed by atoms with Crippen LogP contribution in [0, 0.1) is 0 Å². The molecule has 1 spiro atoms. The third-order valence-corrected chi connectivity index (χ3v) is 3.52. The molecule has 1 fully saturated rings. The van der Waals surface area contributed by atoms with Crippen molar-refractivity contribution in [2.45, 2.75) is 31.2 Å². The number of phenols is 1. The second-order valence-electron chi connectivity index (χ2n) is 4.60. The van der Waals surface area contributed by atoms with E-state index in [0.29, 0.717) is 5.69 Å². The summed E-state index contributed by atoms with van der Waals surface area (Å²) in [6.45, 7) is 0. The van der Waals surface area contributed by atoms with E-state index in [0.717, 1.165) is 31.4 Å². The van der Waals surface area contributed by atoms with E-state index in [2.05, 4.69) is 10.6 Å². The summed E-state index contributed by atoms with van der Waals surface area (Å²) >= 11 is 0. The van der Waals surface area contributed by atoms with Gasteiger partial charge in [0.15, 0.2) is 0 Å². The highest BCUT2D eigenvalue weighted by Crippen LogP contribution is 2.40. The second-order valence-corrected chi connectivity index (χ2v) is 4.60. The SMILES string of the molecule is O=C1Nc2cc(O)ccc2NC12CCCC2. The van der Waals surface area contributed by atoms with Gasteiger partial charge in [-0.3, -0.25) is 4.79 Å². The number of hydrogen-bond donors (Lipinski definition) is 3. The first kappa shape index (κ1) is 9.51. The highest BCUT2D eigenvalue weighted by molar-refractivity contribution is 6.06. The first-order chi connectivity index (χ1) is 7.70. The van der Waals surface area contributed by atoms with Crippen LogP contribution in [0.2, 0.25) is 0 Å². The van der Waals surface area contributed by atoms with Crippen LogP contribution in [0.25, 0.3) is 0 Å². The molecule has 0 atom stereocenters. The van der Waals surface area contributed by atoms with E-state index < -0.39 is 5.54 Å². The molecular formula is C12H14N2O2. The standard InChI is InChI=1S/C12H14N2O2/c15-8-3-4-9-10(7-8)13-11(16)12(14-9)5-1-2-6-12/h3-4,7,14-15H,1-2,5-6H2,(H,13,16). The summed E-state index contributed by atoms with van der Waals surface area (Å²) in [5.74, 6) is 0.200. The van der Waals surface area contributed by atoms with E-state index in [1.54, 1.807) is 12.1 Å². The molecule has 0 aromatic heterocycles. The molecule has 1 saturated carbocycles. The number of phenolic OH excluding ortho intramolecular Hbond substituents is 1. The predicted molar refractivity (Wildman–Crippen MR) is 61.6 cm³/mol. The Labute approximate surface area is 93.7 Å². The zero-order valence-electron chi connectivity index (χ0n) is 8.92. The molecule has 1 aliphatic heterocycles. The van der Waals surface area contributed by atoms with Crippen molar-refractivity contribution in [1.29, 1.82) is 0 Å². The monoisotopic (exact) mass is 218 g/mol. The highest BCUT2D eigenvalue weighted by Gasteiger charge is 2.44. The number of nitrogens with one attached hydrogen (secondary N) is 2. The molecular weight excluding hydrogens is 204 g/mol. The molecule has 1 aromatic rings. The minimum absolute atomic E-state index is 0.0306. The lowest BCUT2D eigenvalue weighted by Crippen LogP contribution is -2.50. The Hall–Kier alpha value is -1.71. The molecule has 1 heterocycles. The summed E-state index contributed by atoms with van der Waals surface area (Å²) in [5.41, 5.74) is 1.16. The van der Waals surface area contributed by atoms with Gasteiger partial charge in [0.2, 0.25) is 5.91 Å². The number of amides is 1. The van der Waals surface area contributed by atoms with Crippen molar-refractivity contribution in [2.24, 2.45) is 0 Å². The van der Waals surface area contributed by atoms with Gasteiger partial charge in [-0.25, -0.2) is 0 Å². The molecule has 0 saturated heterocycles. The van der Waals surface area contributed by atoms with Crippen LogP contribution in [0.4, 0.5) is 11.4 Å². The van der Waals surface area contributed by atoms with Crippen molar-refractivity contribution in [3.8, 4) is 5.75 Å². The van der Waals surface area contributed by atoms with Crippen LogP contribution in [0.5, 0.6) is 5.75 Å². The zero-order valence-corrected chi connectivity index (χ0v) is 8.92. The summed E-state index contributed by atoms with van der Waals surface area (Å²) in [6.07, 6.45) is 3.96. The lowest BCUT2D eigenvalue weighted by molar-refractivity contribution is -0.120. The van der Waals surface area contributed by atoms with Crippen molar-refractivity contribution in [3.05, 3.63) is 18.2 Å². The minimum Gasteiger partial charge on any atom is -0.508 e. The Morgan fingerprint density at radius 1 is 1.19 bits per heavy atom. The largest absolute Gasteiger partial charge is 0.508 e. The molecule has 16 heavy (non-hydrogen) atoms. The van der Waals surface area contributed by atoms with Crippen LogP contribution in [0.15, 0.2) is 18.2 Å². The van der Waals surface area contributed by atoms with Crippen molar-refractivity contribution in [1.82, 2.24) is 0 Å². The van der Waals surface area contributed by atoms with Crippen LogP contribution in [0.1, 0.15) is 25.7 Å². The van der Waals surface area contributed by atoms with Crippen LogP contribution >= 0.6 is 0 Å². The molecule has 0 bridgehead atoms. The van der Waals surface area contributed by atoms with Crippen molar-refractivity contribution in [2.75, 3.05) is 10.6 Å². The fourth-order valence-corrected chi connectivity index (χ4v) is 2.63. The first-order valence-corrected chi connectivity index (χ1v) is 5.62. The zero-order chi connectivity index (χ0) is 11.2. The fourth-order valence-electron chi connectivity index (χ4n) is 2.63. The summed E-state index contributed by atoms with van der Waals surface area (Å²) < 4.78 is 0. The molecule has 3 rings (SSSR count). The maximum Gasteiger partial charge on any atom is 0.250 e. The van der Waals surface area contributed by atoms with Gasteiger partial charge in [0, 0.05) is 6.07 Å². The topological polar surface area (TPSA) is 61.4 Å². The van der Waals surface area contributed by atoms with Gasteiger partial charge in [-0.2, -0.15) is 0 Å². The summed E-state index contributed by atoms with van der Waals surface area (Å²) in [6, 6.07) is 5.01. The Bertz CT molecular complexity index is 450. The average molecular weight is 218 g/mol. The minimum atomic E-state index is -0.413. The third kappa shape index (κ3) is 1.26. The van der Waals surface area contributed by atoms with E-state index in [1.165, 1.54) is 0 Å². The number of anilines is 2. The number of carbonyl (C=O) groups excluding carboxylic acids is 1. The lowest BCUT2D eigenvalue weighted by Gasteiger charge is -2.35. The highest BCUT2D eigenvalue weighted by atomic mass is 16.3. The van der Waals surface area contributed by atoms with Gasteiger partial charge in [0.1, 0.15) is 11.3 Å². The molecule has 1 aliphatic carbocycles. The van der Waals surface area contributed by atoms with E-state index in [4.69, 9.17) is 0 Å². The van der Waals surface area contributed by atoms with Crippen LogP contribution in [0.3, 0.4) is 0 Å². The van der Waals surface area contributed by atoms with Gasteiger partial charge >= 0.3 is 0 Å². The molecule has 1 aromatic carbocycles. The molecule has 4 nitrogen and oxygen atoms in total. The number of rotatable bonds is 0.